The first kappa shape index (κ1) is 16.6. The molecule has 0 aliphatic heterocycles. The van der Waals surface area contributed by atoms with E-state index in [2.05, 4.69) is 39.2 Å². The first-order valence-corrected chi connectivity index (χ1v) is 7.81. The highest BCUT2D eigenvalue weighted by molar-refractivity contribution is 5.97. The lowest BCUT2D eigenvalue weighted by atomic mass is 9.84. The molecule has 1 aromatic heterocycles. The highest BCUT2D eigenvalue weighted by atomic mass is 16.4. The van der Waals surface area contributed by atoms with Crippen LogP contribution in [0.1, 0.15) is 54.9 Å². The highest BCUT2D eigenvalue weighted by Gasteiger charge is 2.24. The average molecular weight is 302 g/mol. The summed E-state index contributed by atoms with van der Waals surface area (Å²) in [6.07, 6.45) is 0.882. The minimum atomic E-state index is -0.876. The first-order valence-electron chi connectivity index (χ1n) is 7.81. The third kappa shape index (κ3) is 2.63. The number of rotatable bonds is 4. The van der Waals surface area contributed by atoms with Gasteiger partial charge in [-0.05, 0) is 42.0 Å². The highest BCUT2D eigenvalue weighted by Crippen LogP contribution is 2.36. The molecule has 0 radical (unpaired) electrons. The Morgan fingerprint density at radius 1 is 1.32 bits per heavy atom. The maximum atomic E-state index is 11.5. The zero-order chi connectivity index (χ0) is 16.7. The summed E-state index contributed by atoms with van der Waals surface area (Å²) in [4.78, 5) is 11.5. The molecule has 0 amide bonds. The fourth-order valence-corrected chi connectivity index (χ4v) is 3.23. The predicted molar refractivity (Wildman–Crippen MR) is 90.8 cm³/mol. The van der Waals surface area contributed by atoms with E-state index in [0.717, 1.165) is 29.4 Å². The third-order valence-corrected chi connectivity index (χ3v) is 4.31. The molecular weight excluding hydrogens is 276 g/mol. The lowest BCUT2D eigenvalue weighted by molar-refractivity contribution is 0.0697. The van der Waals surface area contributed by atoms with Crippen LogP contribution in [-0.2, 0) is 18.4 Å². The molecule has 0 aliphatic carbocycles. The van der Waals surface area contributed by atoms with Crippen molar-refractivity contribution in [2.75, 3.05) is 6.54 Å². The molecule has 1 heterocycles. The van der Waals surface area contributed by atoms with Crippen LogP contribution in [-0.4, -0.2) is 22.2 Å². The number of nitrogens with two attached hydrogens (primary N) is 1. The average Bonchev–Trinajstić information content (AvgIpc) is 2.69. The van der Waals surface area contributed by atoms with Crippen molar-refractivity contribution in [3.05, 3.63) is 34.5 Å². The third-order valence-electron chi connectivity index (χ3n) is 4.31. The second kappa shape index (κ2) is 5.76. The molecule has 0 aliphatic rings. The number of carbonyl (C=O) groups is 1. The van der Waals surface area contributed by atoms with Gasteiger partial charge in [-0.25, -0.2) is 4.79 Å². The fraction of sp³-hybridized carbons (Fsp3) is 0.500. The number of hydrogen-bond acceptors (Lipinski definition) is 2. The van der Waals surface area contributed by atoms with E-state index in [-0.39, 0.29) is 5.41 Å². The molecule has 1 aromatic carbocycles. The van der Waals surface area contributed by atoms with Crippen LogP contribution in [0.3, 0.4) is 0 Å². The van der Waals surface area contributed by atoms with Crippen LogP contribution in [0.5, 0.6) is 0 Å². The van der Waals surface area contributed by atoms with Crippen LogP contribution in [0, 0.1) is 6.92 Å². The van der Waals surface area contributed by atoms with Crippen LogP contribution in [0.15, 0.2) is 12.1 Å². The monoisotopic (exact) mass is 302 g/mol. The number of fused-ring (bicyclic) bond motifs is 1. The Labute approximate surface area is 131 Å². The molecule has 2 rings (SSSR count). The van der Waals surface area contributed by atoms with Gasteiger partial charge in [0, 0.05) is 24.2 Å². The first-order chi connectivity index (χ1) is 10.2. The number of nitrogens with zero attached hydrogens (tertiary/aromatic N) is 1. The van der Waals surface area contributed by atoms with Crippen molar-refractivity contribution in [2.45, 2.75) is 53.0 Å². The van der Waals surface area contributed by atoms with Crippen molar-refractivity contribution in [1.29, 1.82) is 0 Å². The molecule has 0 saturated heterocycles. The molecule has 0 spiro atoms. The maximum absolute atomic E-state index is 11.5. The molecule has 22 heavy (non-hydrogen) atoms. The van der Waals surface area contributed by atoms with Gasteiger partial charge in [0.05, 0.1) is 11.1 Å². The van der Waals surface area contributed by atoms with Crippen molar-refractivity contribution in [3.8, 4) is 0 Å². The summed E-state index contributed by atoms with van der Waals surface area (Å²) >= 11 is 0. The molecule has 4 nitrogen and oxygen atoms in total. The van der Waals surface area contributed by atoms with E-state index in [9.17, 15) is 9.90 Å². The molecule has 0 unspecified atom stereocenters. The van der Waals surface area contributed by atoms with Crippen molar-refractivity contribution in [3.63, 3.8) is 0 Å². The minimum absolute atomic E-state index is 0.133. The van der Waals surface area contributed by atoms with Gasteiger partial charge in [-0.2, -0.15) is 0 Å². The van der Waals surface area contributed by atoms with E-state index in [1.807, 2.05) is 12.1 Å². The summed E-state index contributed by atoms with van der Waals surface area (Å²) in [6.45, 7) is 11.9. The van der Waals surface area contributed by atoms with Crippen LogP contribution in [0.2, 0.25) is 0 Å². The Bertz CT molecular complexity index is 721. The lowest BCUT2D eigenvalue weighted by Crippen LogP contribution is -2.17. The van der Waals surface area contributed by atoms with Gasteiger partial charge in [0.2, 0.25) is 0 Å². The normalized spacial score (nSPS) is 12.1. The van der Waals surface area contributed by atoms with Gasteiger partial charge in [-0.1, -0.05) is 27.7 Å². The van der Waals surface area contributed by atoms with E-state index in [4.69, 9.17) is 5.73 Å². The quantitative estimate of drug-likeness (QED) is 0.908. The van der Waals surface area contributed by atoms with Crippen LogP contribution in [0.25, 0.3) is 10.9 Å². The summed E-state index contributed by atoms with van der Waals surface area (Å²) in [5.74, 6) is -0.876. The molecule has 3 N–H and O–H groups in total. The van der Waals surface area contributed by atoms with Crippen LogP contribution in [0.4, 0.5) is 0 Å². The van der Waals surface area contributed by atoms with E-state index in [1.165, 1.54) is 11.3 Å². The van der Waals surface area contributed by atoms with Gasteiger partial charge in [-0.3, -0.25) is 0 Å². The number of aryl methyl sites for hydroxylation is 1. The van der Waals surface area contributed by atoms with Crippen molar-refractivity contribution >= 4 is 16.9 Å². The number of carboxylic acids is 1. The van der Waals surface area contributed by atoms with Crippen LogP contribution >= 0.6 is 0 Å². The molecule has 0 saturated carbocycles. The van der Waals surface area contributed by atoms with Crippen LogP contribution < -0.4 is 5.73 Å². The zero-order valence-corrected chi connectivity index (χ0v) is 14.2. The number of hydrogen-bond donors (Lipinski definition) is 2. The molecule has 4 heteroatoms. The standard InChI is InChI=1S/C18H26N2O2/c1-6-13-11(2)20(8-7-19)16-14(13)9-12(17(21)22)10-15(16)18(3,4)5/h9-10H,6-8,19H2,1-5H3,(H,21,22). The second-order valence-electron chi connectivity index (χ2n) is 6.83. The number of carboxylic acid groups (broad SMARTS) is 1. The summed E-state index contributed by atoms with van der Waals surface area (Å²) in [7, 11) is 0. The molecule has 0 bridgehead atoms. The van der Waals surface area contributed by atoms with Gasteiger partial charge < -0.3 is 15.4 Å². The molecule has 0 fully saturated rings. The Morgan fingerprint density at radius 2 is 1.95 bits per heavy atom. The maximum Gasteiger partial charge on any atom is 0.335 e. The number of benzene rings is 1. The van der Waals surface area contributed by atoms with Gasteiger partial charge in [0.25, 0.3) is 0 Å². The summed E-state index contributed by atoms with van der Waals surface area (Å²) in [5.41, 5.74) is 10.6. The Morgan fingerprint density at radius 3 is 2.41 bits per heavy atom. The van der Waals surface area contributed by atoms with Crippen molar-refractivity contribution in [2.24, 2.45) is 5.73 Å². The smallest absolute Gasteiger partial charge is 0.335 e. The number of aromatic nitrogens is 1. The molecule has 0 atom stereocenters. The molecule has 2 aromatic rings. The summed E-state index contributed by atoms with van der Waals surface area (Å²) in [6, 6.07) is 3.63. The van der Waals surface area contributed by atoms with E-state index >= 15 is 0 Å². The van der Waals surface area contributed by atoms with Gasteiger partial charge in [0.1, 0.15) is 0 Å². The van der Waals surface area contributed by atoms with Gasteiger partial charge >= 0.3 is 5.97 Å². The SMILES string of the molecule is CCc1c(C)n(CCN)c2c(C(C)(C)C)cc(C(=O)O)cc12. The van der Waals surface area contributed by atoms with E-state index < -0.39 is 5.97 Å². The van der Waals surface area contributed by atoms with Gasteiger partial charge in [-0.15, -0.1) is 0 Å². The summed E-state index contributed by atoms with van der Waals surface area (Å²) < 4.78 is 2.25. The van der Waals surface area contributed by atoms with Gasteiger partial charge in [0.15, 0.2) is 0 Å². The summed E-state index contributed by atoms with van der Waals surface area (Å²) in [5, 5.41) is 10.5. The number of aromatic carboxylic acids is 1. The fourth-order valence-electron chi connectivity index (χ4n) is 3.23. The Hall–Kier alpha value is -1.81. The largest absolute Gasteiger partial charge is 0.478 e. The van der Waals surface area contributed by atoms with E-state index in [1.54, 1.807) is 0 Å². The topological polar surface area (TPSA) is 68.2 Å². The minimum Gasteiger partial charge on any atom is -0.478 e. The van der Waals surface area contributed by atoms with Crippen molar-refractivity contribution in [1.82, 2.24) is 4.57 Å². The predicted octanol–water partition coefficient (Wildman–Crippen LogP) is 3.47. The molecule has 120 valence electrons. The lowest BCUT2D eigenvalue weighted by Gasteiger charge is -2.23. The Balaban J connectivity index is 2.98. The Kier molecular flexibility index (Phi) is 4.34. The second-order valence-corrected chi connectivity index (χ2v) is 6.83. The molecular formula is C18H26N2O2. The van der Waals surface area contributed by atoms with E-state index in [0.29, 0.717) is 12.1 Å². The van der Waals surface area contributed by atoms with Crippen molar-refractivity contribution < 1.29 is 9.90 Å². The zero-order valence-electron chi connectivity index (χ0n) is 14.2.